The number of carbonyl (C=O) groups excluding carboxylic acids is 2. The number of phenols is 1. The van der Waals surface area contributed by atoms with Crippen molar-refractivity contribution in [3.63, 3.8) is 0 Å². The van der Waals surface area contributed by atoms with Crippen molar-refractivity contribution in [2.24, 2.45) is 5.92 Å². The Hall–Kier alpha value is -3.61. The molecule has 2 unspecified atom stereocenters. The lowest BCUT2D eigenvalue weighted by Gasteiger charge is -2.27. The lowest BCUT2D eigenvalue weighted by atomic mass is 9.88. The Labute approximate surface area is 186 Å². The van der Waals surface area contributed by atoms with Gasteiger partial charge in [0.1, 0.15) is 17.7 Å². The highest BCUT2D eigenvalue weighted by Gasteiger charge is 2.28. The molecular formula is C22H27N3O7. The largest absolute Gasteiger partial charge is 0.514 e. The van der Waals surface area contributed by atoms with Crippen LogP contribution in [-0.2, 0) is 9.53 Å². The molecule has 2 atom stereocenters. The monoisotopic (exact) mass is 445 g/mol. The number of phenolic OH excluding ortho intramolecular Hbond substituents is 1. The maximum Gasteiger partial charge on any atom is 0.514 e. The fourth-order valence-corrected chi connectivity index (χ4v) is 3.60. The highest BCUT2D eigenvalue weighted by atomic mass is 16.7. The SMILES string of the molecule is CCN(CC)C(=O)/C(C#N)=C/c1cc(OC(=O)OC2CCCCC2C)c(O)c([N+](=O)[O-])c1. The number of carbonyl (C=O) groups is 2. The van der Waals surface area contributed by atoms with Crippen LogP contribution in [0.2, 0.25) is 0 Å². The standard InChI is InChI=1S/C22H27N3O7/c1-4-24(5-2)21(27)16(13-23)10-15-11-17(25(29)30)20(26)19(12-15)32-22(28)31-18-9-7-6-8-14(18)3/h10-12,14,18,26H,4-9H2,1-3H3/b16-10+. The zero-order valence-corrected chi connectivity index (χ0v) is 18.4. The number of amides is 1. The molecule has 0 aliphatic heterocycles. The number of nitriles is 1. The summed E-state index contributed by atoms with van der Waals surface area (Å²) in [7, 11) is 0. The molecule has 2 rings (SSSR count). The summed E-state index contributed by atoms with van der Waals surface area (Å²) in [6, 6.07) is 3.92. The lowest BCUT2D eigenvalue weighted by molar-refractivity contribution is -0.385. The van der Waals surface area contributed by atoms with Crippen molar-refractivity contribution in [2.75, 3.05) is 13.1 Å². The van der Waals surface area contributed by atoms with Gasteiger partial charge in [0, 0.05) is 19.2 Å². The predicted octanol–water partition coefficient (Wildman–Crippen LogP) is 4.17. The molecule has 1 aromatic carbocycles. The number of hydrogen-bond donors (Lipinski definition) is 1. The first-order valence-electron chi connectivity index (χ1n) is 10.5. The number of rotatable bonds is 7. The van der Waals surface area contributed by atoms with Gasteiger partial charge in [-0.2, -0.15) is 5.26 Å². The molecule has 0 spiro atoms. The molecule has 1 amide bonds. The molecule has 1 N–H and O–H groups in total. The van der Waals surface area contributed by atoms with Gasteiger partial charge >= 0.3 is 11.8 Å². The van der Waals surface area contributed by atoms with Gasteiger partial charge in [0.25, 0.3) is 5.91 Å². The third-order valence-corrected chi connectivity index (χ3v) is 5.46. The Kier molecular flexibility index (Phi) is 8.58. The molecule has 32 heavy (non-hydrogen) atoms. The van der Waals surface area contributed by atoms with E-state index in [1.807, 2.05) is 6.92 Å². The van der Waals surface area contributed by atoms with E-state index in [2.05, 4.69) is 0 Å². The lowest BCUT2D eigenvalue weighted by Crippen LogP contribution is -2.31. The summed E-state index contributed by atoms with van der Waals surface area (Å²) in [4.78, 5) is 36.7. The van der Waals surface area contributed by atoms with Crippen molar-refractivity contribution in [3.8, 4) is 17.6 Å². The van der Waals surface area contributed by atoms with E-state index in [0.717, 1.165) is 37.5 Å². The summed E-state index contributed by atoms with van der Waals surface area (Å²) in [5, 5.41) is 31.0. The Balaban J connectivity index is 2.36. The third-order valence-electron chi connectivity index (χ3n) is 5.46. The average Bonchev–Trinajstić information content (AvgIpc) is 2.76. The van der Waals surface area contributed by atoms with E-state index in [1.54, 1.807) is 19.9 Å². The summed E-state index contributed by atoms with van der Waals surface area (Å²) in [5.41, 5.74) is -0.946. The van der Waals surface area contributed by atoms with Gasteiger partial charge in [-0.3, -0.25) is 14.9 Å². The van der Waals surface area contributed by atoms with Gasteiger partial charge in [-0.25, -0.2) is 4.79 Å². The summed E-state index contributed by atoms with van der Waals surface area (Å²) in [6.07, 6.45) is 3.27. The minimum Gasteiger partial charge on any atom is -0.499 e. The van der Waals surface area contributed by atoms with Gasteiger partial charge in [-0.1, -0.05) is 13.3 Å². The topological polar surface area (TPSA) is 143 Å². The zero-order valence-electron chi connectivity index (χ0n) is 18.4. The molecule has 1 aromatic rings. The minimum absolute atomic E-state index is 0.0420. The molecule has 172 valence electrons. The number of nitro benzene ring substituents is 1. The zero-order chi connectivity index (χ0) is 23.8. The number of nitrogens with zero attached hydrogens (tertiary/aromatic N) is 3. The fourth-order valence-electron chi connectivity index (χ4n) is 3.60. The van der Waals surface area contributed by atoms with Crippen LogP contribution in [0, 0.1) is 27.4 Å². The molecule has 1 fully saturated rings. The summed E-state index contributed by atoms with van der Waals surface area (Å²) >= 11 is 0. The molecule has 1 saturated carbocycles. The molecular weight excluding hydrogens is 418 g/mol. The number of benzene rings is 1. The quantitative estimate of drug-likeness (QED) is 0.164. The van der Waals surface area contributed by atoms with Gasteiger partial charge in [-0.15, -0.1) is 0 Å². The molecule has 0 heterocycles. The van der Waals surface area contributed by atoms with Gasteiger partial charge in [0.05, 0.1) is 4.92 Å². The second-order valence-electron chi connectivity index (χ2n) is 7.56. The van der Waals surface area contributed by atoms with Crippen molar-refractivity contribution in [3.05, 3.63) is 33.4 Å². The number of hydrogen-bond acceptors (Lipinski definition) is 8. The smallest absolute Gasteiger partial charge is 0.499 e. The first kappa shape index (κ1) is 24.7. The van der Waals surface area contributed by atoms with Gasteiger partial charge in [-0.05, 0) is 56.7 Å². The van der Waals surface area contributed by atoms with Crippen LogP contribution in [-0.4, -0.2) is 46.2 Å². The number of ether oxygens (including phenoxy) is 2. The second kappa shape index (κ2) is 11.1. The molecule has 0 saturated heterocycles. The Morgan fingerprint density at radius 2 is 1.97 bits per heavy atom. The highest BCUT2D eigenvalue weighted by molar-refractivity contribution is 6.01. The van der Waals surface area contributed by atoms with Crippen molar-refractivity contribution < 1.29 is 29.1 Å². The summed E-state index contributed by atoms with van der Waals surface area (Å²) < 4.78 is 10.4. The molecule has 0 radical (unpaired) electrons. The maximum atomic E-state index is 12.5. The maximum absolute atomic E-state index is 12.5. The molecule has 1 aliphatic carbocycles. The Bertz CT molecular complexity index is 948. The first-order chi connectivity index (χ1) is 15.2. The van der Waals surface area contributed by atoms with E-state index in [1.165, 1.54) is 4.90 Å². The van der Waals surface area contributed by atoms with E-state index >= 15 is 0 Å². The van der Waals surface area contributed by atoms with Gasteiger partial charge in [0.2, 0.25) is 5.75 Å². The van der Waals surface area contributed by atoms with Crippen LogP contribution in [0.5, 0.6) is 11.5 Å². The minimum atomic E-state index is -1.09. The van der Waals surface area contributed by atoms with E-state index in [-0.39, 0.29) is 23.2 Å². The number of aromatic hydroxyl groups is 1. The van der Waals surface area contributed by atoms with E-state index in [4.69, 9.17) is 9.47 Å². The van der Waals surface area contributed by atoms with Crippen LogP contribution < -0.4 is 4.74 Å². The van der Waals surface area contributed by atoms with Crippen LogP contribution in [0.15, 0.2) is 17.7 Å². The Morgan fingerprint density at radius 3 is 2.53 bits per heavy atom. The van der Waals surface area contributed by atoms with Crippen molar-refractivity contribution in [1.29, 1.82) is 5.26 Å². The summed E-state index contributed by atoms with van der Waals surface area (Å²) in [5.74, 6) is -1.74. The van der Waals surface area contributed by atoms with Crippen LogP contribution in [0.3, 0.4) is 0 Å². The highest BCUT2D eigenvalue weighted by Crippen LogP contribution is 2.38. The van der Waals surface area contributed by atoms with Crippen LogP contribution in [0.25, 0.3) is 6.08 Å². The average molecular weight is 445 g/mol. The normalized spacial score (nSPS) is 18.4. The van der Waals surface area contributed by atoms with Crippen LogP contribution in [0.1, 0.15) is 52.0 Å². The van der Waals surface area contributed by atoms with Crippen LogP contribution >= 0.6 is 0 Å². The molecule has 10 heteroatoms. The number of likely N-dealkylation sites (N-methyl/N-ethyl adjacent to an activating group) is 1. The van der Waals surface area contributed by atoms with Gasteiger partial charge in [0.15, 0.2) is 5.75 Å². The third kappa shape index (κ3) is 5.97. The number of nitro groups is 1. The summed E-state index contributed by atoms with van der Waals surface area (Å²) in [6.45, 7) is 6.23. The Morgan fingerprint density at radius 1 is 1.31 bits per heavy atom. The van der Waals surface area contributed by atoms with Crippen molar-refractivity contribution in [2.45, 2.75) is 52.6 Å². The fraction of sp³-hybridized carbons (Fsp3) is 0.500. The first-order valence-corrected chi connectivity index (χ1v) is 10.5. The van der Waals surface area contributed by atoms with Gasteiger partial charge < -0.3 is 19.5 Å². The van der Waals surface area contributed by atoms with Crippen LogP contribution in [0.4, 0.5) is 10.5 Å². The van der Waals surface area contributed by atoms with E-state index in [9.17, 15) is 30.1 Å². The van der Waals surface area contributed by atoms with E-state index in [0.29, 0.717) is 19.5 Å². The predicted molar refractivity (Wildman–Crippen MR) is 115 cm³/mol. The molecule has 0 bridgehead atoms. The molecule has 10 nitrogen and oxygen atoms in total. The molecule has 0 aromatic heterocycles. The van der Waals surface area contributed by atoms with Crippen molar-refractivity contribution in [1.82, 2.24) is 4.90 Å². The second-order valence-corrected chi connectivity index (χ2v) is 7.56. The van der Waals surface area contributed by atoms with Crippen molar-refractivity contribution >= 4 is 23.8 Å². The molecule has 1 aliphatic rings. The van der Waals surface area contributed by atoms with E-state index < -0.39 is 34.2 Å².